The zero-order valence-electron chi connectivity index (χ0n) is 10.2. The average Bonchev–Trinajstić information content (AvgIpc) is 2.31. The fraction of sp³-hybridized carbons (Fsp3) is 0.231. The Balaban J connectivity index is 2.34. The Kier molecular flexibility index (Phi) is 3.93. The Bertz CT molecular complexity index is 558. The first kappa shape index (κ1) is 13.0. The summed E-state index contributed by atoms with van der Waals surface area (Å²) in [5, 5.41) is 0.642. The second kappa shape index (κ2) is 5.46. The summed E-state index contributed by atoms with van der Waals surface area (Å²) in [7, 11) is 0. The summed E-state index contributed by atoms with van der Waals surface area (Å²) in [5.41, 5.74) is 7.51. The van der Waals surface area contributed by atoms with Crippen molar-refractivity contribution in [2.75, 3.05) is 0 Å². The van der Waals surface area contributed by atoms with Gasteiger partial charge in [0.25, 0.3) is 0 Å². The third-order valence-corrected chi connectivity index (χ3v) is 3.41. The number of nitrogens with two attached hydrogens (primary N) is 1. The maximum atomic E-state index is 13.2. The molecule has 0 fully saturated rings. The Morgan fingerprint density at radius 1 is 1.33 bits per heavy atom. The molecule has 18 heavy (non-hydrogen) atoms. The van der Waals surface area contributed by atoms with Gasteiger partial charge in [-0.1, -0.05) is 0 Å². The van der Waals surface area contributed by atoms with Gasteiger partial charge in [-0.2, -0.15) is 0 Å². The summed E-state index contributed by atoms with van der Waals surface area (Å²) in [6.07, 6.45) is 1.71. The highest BCUT2D eigenvalue weighted by molar-refractivity contribution is 7.99. The van der Waals surface area contributed by atoms with Crippen LogP contribution in [-0.4, -0.2) is 9.97 Å². The van der Waals surface area contributed by atoms with E-state index in [0.717, 1.165) is 16.2 Å². The molecule has 0 bridgehead atoms. The van der Waals surface area contributed by atoms with Crippen LogP contribution in [-0.2, 0) is 0 Å². The molecule has 94 valence electrons. The lowest BCUT2D eigenvalue weighted by atomic mass is 10.1. The van der Waals surface area contributed by atoms with Crippen molar-refractivity contribution in [2.45, 2.75) is 29.9 Å². The van der Waals surface area contributed by atoms with Crippen LogP contribution in [0.4, 0.5) is 4.39 Å². The second-order valence-corrected chi connectivity index (χ2v) is 5.06. The minimum Gasteiger partial charge on any atom is -0.324 e. The molecule has 0 saturated heterocycles. The SMILES string of the molecule is Cc1ccnc(Sc2ccc(F)cc2C(C)N)n1. The monoisotopic (exact) mass is 263 g/mol. The molecule has 2 aromatic rings. The number of aryl methyl sites for hydroxylation is 1. The van der Waals surface area contributed by atoms with E-state index in [1.807, 2.05) is 19.9 Å². The summed E-state index contributed by atoms with van der Waals surface area (Å²) >= 11 is 1.40. The number of rotatable bonds is 3. The molecule has 0 aliphatic carbocycles. The first-order valence-corrected chi connectivity index (χ1v) is 6.40. The summed E-state index contributed by atoms with van der Waals surface area (Å²) in [6, 6.07) is 6.20. The molecule has 1 atom stereocenters. The summed E-state index contributed by atoms with van der Waals surface area (Å²) in [5.74, 6) is -0.281. The van der Waals surface area contributed by atoms with Gasteiger partial charge in [0.1, 0.15) is 5.82 Å². The Morgan fingerprint density at radius 3 is 2.78 bits per heavy atom. The number of hydrogen-bond acceptors (Lipinski definition) is 4. The van der Waals surface area contributed by atoms with E-state index < -0.39 is 0 Å². The highest BCUT2D eigenvalue weighted by atomic mass is 32.2. The molecule has 1 aromatic heterocycles. The van der Waals surface area contributed by atoms with Crippen LogP contribution in [0, 0.1) is 12.7 Å². The van der Waals surface area contributed by atoms with Gasteiger partial charge >= 0.3 is 0 Å². The summed E-state index contributed by atoms with van der Waals surface area (Å²) in [6.45, 7) is 3.73. The first-order chi connectivity index (χ1) is 8.56. The van der Waals surface area contributed by atoms with E-state index in [0.29, 0.717) is 5.16 Å². The number of halogens is 1. The molecule has 0 radical (unpaired) electrons. The second-order valence-electron chi connectivity index (χ2n) is 4.05. The van der Waals surface area contributed by atoms with Gasteiger partial charge in [-0.3, -0.25) is 0 Å². The number of aromatic nitrogens is 2. The summed E-state index contributed by atoms with van der Waals surface area (Å²) < 4.78 is 13.2. The van der Waals surface area contributed by atoms with Gasteiger partial charge in [0.05, 0.1) is 0 Å². The summed E-state index contributed by atoms with van der Waals surface area (Å²) in [4.78, 5) is 9.37. The molecule has 3 nitrogen and oxygen atoms in total. The lowest BCUT2D eigenvalue weighted by Crippen LogP contribution is -2.07. The van der Waals surface area contributed by atoms with Gasteiger partial charge in [0, 0.05) is 22.8 Å². The highest BCUT2D eigenvalue weighted by Gasteiger charge is 2.11. The first-order valence-electron chi connectivity index (χ1n) is 5.59. The van der Waals surface area contributed by atoms with Gasteiger partial charge in [-0.15, -0.1) is 0 Å². The van der Waals surface area contributed by atoms with Gasteiger partial charge in [-0.25, -0.2) is 14.4 Å². The lowest BCUT2D eigenvalue weighted by molar-refractivity contribution is 0.619. The number of hydrogen-bond donors (Lipinski definition) is 1. The fourth-order valence-electron chi connectivity index (χ4n) is 1.54. The quantitative estimate of drug-likeness (QED) is 0.865. The van der Waals surface area contributed by atoms with Crippen LogP contribution >= 0.6 is 11.8 Å². The van der Waals surface area contributed by atoms with Crippen LogP contribution in [0.2, 0.25) is 0 Å². The Hall–Kier alpha value is -1.46. The van der Waals surface area contributed by atoms with E-state index >= 15 is 0 Å². The van der Waals surface area contributed by atoms with Gasteiger partial charge in [-0.05, 0) is 55.4 Å². The topological polar surface area (TPSA) is 51.8 Å². The van der Waals surface area contributed by atoms with Crippen molar-refractivity contribution in [3.63, 3.8) is 0 Å². The molecule has 1 unspecified atom stereocenters. The van der Waals surface area contributed by atoms with Crippen LogP contribution in [0.3, 0.4) is 0 Å². The predicted octanol–water partition coefficient (Wildman–Crippen LogP) is 3.10. The van der Waals surface area contributed by atoms with E-state index in [1.54, 1.807) is 12.3 Å². The van der Waals surface area contributed by atoms with Gasteiger partial charge in [0.2, 0.25) is 0 Å². The largest absolute Gasteiger partial charge is 0.324 e. The molecular formula is C13H14FN3S. The number of nitrogens with zero attached hydrogens (tertiary/aromatic N) is 2. The smallest absolute Gasteiger partial charge is 0.192 e. The van der Waals surface area contributed by atoms with Crippen LogP contribution in [0.5, 0.6) is 0 Å². The molecule has 1 heterocycles. The van der Waals surface area contributed by atoms with Crippen molar-refractivity contribution in [2.24, 2.45) is 5.73 Å². The van der Waals surface area contributed by atoms with E-state index in [9.17, 15) is 4.39 Å². The van der Waals surface area contributed by atoms with Crippen molar-refractivity contribution < 1.29 is 4.39 Å². The average molecular weight is 263 g/mol. The minimum absolute atomic E-state index is 0.229. The molecule has 0 aliphatic rings. The molecule has 0 saturated carbocycles. The standard InChI is InChI=1S/C13H14FN3S/c1-8-5-6-16-13(17-8)18-12-4-3-10(14)7-11(12)9(2)15/h3-7,9H,15H2,1-2H3. The van der Waals surface area contributed by atoms with Crippen molar-refractivity contribution in [1.29, 1.82) is 0 Å². The molecule has 0 amide bonds. The van der Waals surface area contributed by atoms with E-state index in [-0.39, 0.29) is 11.9 Å². The number of benzene rings is 1. The van der Waals surface area contributed by atoms with Crippen molar-refractivity contribution in [3.8, 4) is 0 Å². The molecule has 2 rings (SSSR count). The van der Waals surface area contributed by atoms with Crippen LogP contribution in [0.15, 0.2) is 40.5 Å². The Morgan fingerprint density at radius 2 is 2.11 bits per heavy atom. The van der Waals surface area contributed by atoms with Crippen LogP contribution in [0.1, 0.15) is 24.2 Å². The van der Waals surface area contributed by atoms with E-state index in [4.69, 9.17) is 5.73 Å². The van der Waals surface area contributed by atoms with Crippen molar-refractivity contribution >= 4 is 11.8 Å². The molecule has 5 heteroatoms. The van der Waals surface area contributed by atoms with Crippen LogP contribution < -0.4 is 5.73 Å². The molecule has 0 aliphatic heterocycles. The van der Waals surface area contributed by atoms with E-state index in [1.165, 1.54) is 23.9 Å². The highest BCUT2D eigenvalue weighted by Crippen LogP contribution is 2.31. The predicted molar refractivity (Wildman–Crippen MR) is 69.9 cm³/mol. The normalized spacial score (nSPS) is 12.4. The third kappa shape index (κ3) is 3.05. The maximum absolute atomic E-state index is 13.2. The zero-order chi connectivity index (χ0) is 13.1. The van der Waals surface area contributed by atoms with Crippen LogP contribution in [0.25, 0.3) is 0 Å². The Labute approximate surface area is 110 Å². The van der Waals surface area contributed by atoms with Crippen molar-refractivity contribution in [3.05, 3.63) is 47.5 Å². The van der Waals surface area contributed by atoms with Gasteiger partial charge in [0.15, 0.2) is 5.16 Å². The fourth-order valence-corrected chi connectivity index (χ4v) is 2.54. The maximum Gasteiger partial charge on any atom is 0.192 e. The van der Waals surface area contributed by atoms with E-state index in [2.05, 4.69) is 9.97 Å². The molecule has 0 spiro atoms. The molecule has 2 N–H and O–H groups in total. The lowest BCUT2D eigenvalue weighted by Gasteiger charge is -2.11. The van der Waals surface area contributed by atoms with Gasteiger partial charge < -0.3 is 5.73 Å². The third-order valence-electron chi connectivity index (χ3n) is 2.44. The molecular weight excluding hydrogens is 249 g/mol. The zero-order valence-corrected chi connectivity index (χ0v) is 11.0. The minimum atomic E-state index is -0.281. The van der Waals surface area contributed by atoms with Crippen molar-refractivity contribution in [1.82, 2.24) is 9.97 Å². The molecule has 1 aromatic carbocycles.